The molecule has 1 aliphatic heterocycles. The largest absolute Gasteiger partial charge is 0.347 e. The normalized spacial score (nSPS) is 15.6. The van der Waals surface area contributed by atoms with Crippen molar-refractivity contribution in [1.82, 2.24) is 4.40 Å². The van der Waals surface area contributed by atoms with Crippen molar-refractivity contribution in [1.29, 1.82) is 0 Å². The molecule has 3 heterocycles. The fraction of sp³-hybridized carbons (Fsp3) is 0.263. The van der Waals surface area contributed by atoms with Gasteiger partial charge in [0.25, 0.3) is 5.65 Å². The Labute approximate surface area is 163 Å². The number of pyridine rings is 1. The van der Waals surface area contributed by atoms with Gasteiger partial charge in [-0.05, 0) is 41.7 Å². The van der Waals surface area contributed by atoms with Crippen LogP contribution in [0.15, 0.2) is 64.1 Å². The molecule has 1 saturated heterocycles. The number of thioether (sulfide) groups is 2. The molecular weight excluding hydrogens is 416 g/mol. The predicted octanol–water partition coefficient (Wildman–Crippen LogP) is 4.27. The minimum atomic E-state index is 0.106. The lowest BCUT2D eigenvalue weighted by Gasteiger charge is -2.20. The van der Waals surface area contributed by atoms with Crippen LogP contribution in [0.25, 0.3) is 5.65 Å². The zero-order chi connectivity index (χ0) is 17.2. The van der Waals surface area contributed by atoms with Crippen LogP contribution in [0.3, 0.4) is 0 Å². The molecular formula is C19H18BrN2OS2+. The molecule has 1 aliphatic rings. The standard InChI is InChI=1S/C19H18BrN2OS2/c20-15-7-5-14(6-8-15)12-21-13-16(19-24-10-3-11-25-19)18(23)22-9-2-1-4-17(21)22/h1-2,4-9,13,19H,3,10-12H2/q+1. The van der Waals surface area contributed by atoms with E-state index in [1.807, 2.05) is 47.9 Å². The lowest BCUT2D eigenvalue weighted by molar-refractivity contribution is -0.666. The van der Waals surface area contributed by atoms with Crippen LogP contribution < -0.4 is 10.1 Å². The van der Waals surface area contributed by atoms with Crippen molar-refractivity contribution in [3.8, 4) is 0 Å². The quantitative estimate of drug-likeness (QED) is 0.576. The van der Waals surface area contributed by atoms with Gasteiger partial charge in [0.1, 0.15) is 18.3 Å². The molecule has 1 fully saturated rings. The summed E-state index contributed by atoms with van der Waals surface area (Å²) in [6.07, 6.45) is 5.16. The van der Waals surface area contributed by atoms with Crippen LogP contribution in [-0.2, 0) is 6.54 Å². The molecule has 0 saturated carbocycles. The molecule has 1 aromatic carbocycles. The summed E-state index contributed by atoms with van der Waals surface area (Å²) in [4.78, 5) is 13.0. The molecule has 3 aromatic rings. The zero-order valence-electron chi connectivity index (χ0n) is 13.6. The van der Waals surface area contributed by atoms with E-state index in [2.05, 4.69) is 51.0 Å². The Morgan fingerprint density at radius 1 is 1.12 bits per heavy atom. The van der Waals surface area contributed by atoms with Crippen molar-refractivity contribution in [2.45, 2.75) is 17.5 Å². The SMILES string of the molecule is O=c1c(C2SCCCS2)c[n+](Cc2ccc(Br)cc2)c2ccccn12. The highest BCUT2D eigenvalue weighted by molar-refractivity contribution is 9.10. The summed E-state index contributed by atoms with van der Waals surface area (Å²) < 4.78 is 5.28. The van der Waals surface area contributed by atoms with Crippen molar-refractivity contribution in [2.75, 3.05) is 11.5 Å². The average Bonchev–Trinajstić information content (AvgIpc) is 2.66. The summed E-state index contributed by atoms with van der Waals surface area (Å²) >= 11 is 7.26. The van der Waals surface area contributed by atoms with Gasteiger partial charge in [0, 0.05) is 10.5 Å². The molecule has 0 aliphatic carbocycles. The maximum absolute atomic E-state index is 13.0. The van der Waals surface area contributed by atoms with Gasteiger partial charge in [0.2, 0.25) is 0 Å². The molecule has 2 aromatic heterocycles. The third kappa shape index (κ3) is 3.66. The first-order valence-electron chi connectivity index (χ1n) is 8.24. The Kier molecular flexibility index (Phi) is 5.20. The average molecular weight is 434 g/mol. The zero-order valence-corrected chi connectivity index (χ0v) is 16.8. The van der Waals surface area contributed by atoms with Crippen molar-refractivity contribution < 1.29 is 4.57 Å². The Morgan fingerprint density at radius 3 is 2.64 bits per heavy atom. The number of hydrogen-bond donors (Lipinski definition) is 0. The van der Waals surface area contributed by atoms with Gasteiger partial charge in [-0.25, -0.2) is 9.36 Å². The molecule has 0 atom stereocenters. The van der Waals surface area contributed by atoms with Gasteiger partial charge >= 0.3 is 5.56 Å². The molecule has 128 valence electrons. The number of halogens is 1. The summed E-state index contributed by atoms with van der Waals surface area (Å²) in [5.74, 6) is 2.25. The molecule has 0 amide bonds. The summed E-state index contributed by atoms with van der Waals surface area (Å²) in [7, 11) is 0. The van der Waals surface area contributed by atoms with Crippen molar-refractivity contribution in [3.63, 3.8) is 0 Å². The maximum Gasteiger partial charge on any atom is 0.347 e. The summed E-state index contributed by atoms with van der Waals surface area (Å²) in [6, 6.07) is 14.3. The highest BCUT2D eigenvalue weighted by atomic mass is 79.9. The molecule has 4 rings (SSSR count). The molecule has 0 spiro atoms. The molecule has 0 bridgehead atoms. The van der Waals surface area contributed by atoms with Crippen LogP contribution in [-0.4, -0.2) is 15.9 Å². The van der Waals surface area contributed by atoms with E-state index in [0.717, 1.165) is 33.7 Å². The lowest BCUT2D eigenvalue weighted by atomic mass is 10.2. The van der Waals surface area contributed by atoms with E-state index >= 15 is 0 Å². The van der Waals surface area contributed by atoms with Gasteiger partial charge in [-0.15, -0.1) is 23.5 Å². The summed E-state index contributed by atoms with van der Waals surface area (Å²) in [6.45, 7) is 0.746. The summed E-state index contributed by atoms with van der Waals surface area (Å²) in [5, 5.41) is 0. The van der Waals surface area contributed by atoms with Crippen LogP contribution in [0.4, 0.5) is 0 Å². The number of hydrogen-bond acceptors (Lipinski definition) is 3. The second-order valence-electron chi connectivity index (χ2n) is 6.00. The smallest absolute Gasteiger partial charge is 0.240 e. The van der Waals surface area contributed by atoms with Crippen LogP contribution >= 0.6 is 39.5 Å². The maximum atomic E-state index is 13.0. The first-order chi connectivity index (χ1) is 12.2. The Bertz CT molecular complexity index is 950. The molecule has 6 heteroatoms. The Morgan fingerprint density at radius 2 is 1.88 bits per heavy atom. The first kappa shape index (κ1) is 17.2. The monoisotopic (exact) mass is 433 g/mol. The molecule has 0 unspecified atom stereocenters. The van der Waals surface area contributed by atoms with Crippen LogP contribution in [0.5, 0.6) is 0 Å². The van der Waals surface area contributed by atoms with E-state index < -0.39 is 0 Å². The van der Waals surface area contributed by atoms with E-state index in [-0.39, 0.29) is 10.1 Å². The van der Waals surface area contributed by atoms with Gasteiger partial charge in [0.05, 0.1) is 10.8 Å². The van der Waals surface area contributed by atoms with Crippen LogP contribution in [0.2, 0.25) is 0 Å². The van der Waals surface area contributed by atoms with E-state index in [1.54, 1.807) is 4.40 Å². The number of rotatable bonds is 3. The number of aromatic nitrogens is 2. The van der Waals surface area contributed by atoms with Crippen LogP contribution in [0, 0.1) is 0 Å². The van der Waals surface area contributed by atoms with Gasteiger partial charge < -0.3 is 0 Å². The predicted molar refractivity (Wildman–Crippen MR) is 109 cm³/mol. The molecule has 3 nitrogen and oxygen atoms in total. The highest BCUT2D eigenvalue weighted by Gasteiger charge is 2.25. The molecule has 0 radical (unpaired) electrons. The van der Waals surface area contributed by atoms with Gasteiger partial charge in [-0.2, -0.15) is 4.40 Å². The fourth-order valence-corrected chi connectivity index (χ4v) is 6.15. The van der Waals surface area contributed by atoms with Gasteiger partial charge in [-0.3, -0.25) is 0 Å². The second kappa shape index (κ2) is 7.56. The number of fused-ring (bicyclic) bond motifs is 1. The first-order valence-corrected chi connectivity index (χ1v) is 11.1. The molecule has 0 N–H and O–H groups in total. The minimum absolute atomic E-state index is 0.106. The Balaban J connectivity index is 1.82. The van der Waals surface area contributed by atoms with Crippen molar-refractivity contribution >= 4 is 45.1 Å². The fourth-order valence-electron chi connectivity index (χ4n) is 3.01. The van der Waals surface area contributed by atoms with Crippen molar-refractivity contribution in [2.24, 2.45) is 0 Å². The van der Waals surface area contributed by atoms with Gasteiger partial charge in [-0.1, -0.05) is 34.1 Å². The number of benzene rings is 1. The number of nitrogens with zero attached hydrogens (tertiary/aromatic N) is 2. The van der Waals surface area contributed by atoms with Crippen LogP contribution in [0.1, 0.15) is 22.1 Å². The Hall–Kier alpha value is -1.24. The highest BCUT2D eigenvalue weighted by Crippen LogP contribution is 2.42. The van der Waals surface area contributed by atoms with E-state index in [0.29, 0.717) is 0 Å². The van der Waals surface area contributed by atoms with E-state index in [9.17, 15) is 4.79 Å². The van der Waals surface area contributed by atoms with E-state index in [1.165, 1.54) is 12.0 Å². The third-order valence-electron chi connectivity index (χ3n) is 4.24. The lowest BCUT2D eigenvalue weighted by Crippen LogP contribution is -2.41. The minimum Gasteiger partial charge on any atom is -0.240 e. The van der Waals surface area contributed by atoms with E-state index in [4.69, 9.17) is 0 Å². The third-order valence-corrected chi connectivity index (χ3v) is 7.75. The van der Waals surface area contributed by atoms with Crippen molar-refractivity contribution in [3.05, 3.63) is 80.8 Å². The van der Waals surface area contributed by atoms with Gasteiger partial charge in [0.15, 0.2) is 0 Å². The molecule has 25 heavy (non-hydrogen) atoms. The second-order valence-corrected chi connectivity index (χ2v) is 9.64. The summed E-state index contributed by atoms with van der Waals surface area (Å²) in [5.41, 5.74) is 3.14. The topological polar surface area (TPSA) is 25.4 Å².